The first-order valence-corrected chi connectivity index (χ1v) is 8.08. The van der Waals surface area contributed by atoms with Gasteiger partial charge in [0.25, 0.3) is 0 Å². The highest BCUT2D eigenvalue weighted by Gasteiger charge is 2.26. The summed E-state index contributed by atoms with van der Waals surface area (Å²) in [6.07, 6.45) is 2.04. The average Bonchev–Trinajstić information content (AvgIpc) is 2.48. The van der Waals surface area contributed by atoms with Crippen molar-refractivity contribution in [3.63, 3.8) is 0 Å². The van der Waals surface area contributed by atoms with E-state index in [1.54, 1.807) is 0 Å². The minimum atomic E-state index is -0.0302. The van der Waals surface area contributed by atoms with Crippen molar-refractivity contribution < 1.29 is 9.53 Å². The summed E-state index contributed by atoms with van der Waals surface area (Å²) in [7, 11) is 0. The van der Waals surface area contributed by atoms with E-state index in [1.807, 2.05) is 6.92 Å². The number of rotatable bonds is 5. The Hall–Kier alpha value is -1.35. The summed E-state index contributed by atoms with van der Waals surface area (Å²) in [5, 5.41) is 0. The number of piperidine rings is 1. The average molecular weight is 289 g/mol. The van der Waals surface area contributed by atoms with Crippen LogP contribution in [0.3, 0.4) is 0 Å². The van der Waals surface area contributed by atoms with Crippen molar-refractivity contribution in [1.29, 1.82) is 0 Å². The van der Waals surface area contributed by atoms with Gasteiger partial charge in [-0.15, -0.1) is 0 Å². The zero-order chi connectivity index (χ0) is 15.2. The molecule has 1 aliphatic rings. The molecule has 0 bridgehead atoms. The van der Waals surface area contributed by atoms with Crippen molar-refractivity contribution in [1.82, 2.24) is 4.90 Å². The highest BCUT2D eigenvalue weighted by Crippen LogP contribution is 2.21. The number of hydrogen-bond acceptors (Lipinski definition) is 3. The topological polar surface area (TPSA) is 29.5 Å². The molecule has 1 atom stereocenters. The third-order valence-electron chi connectivity index (χ3n) is 4.18. The largest absolute Gasteiger partial charge is 0.466 e. The van der Waals surface area contributed by atoms with Crippen molar-refractivity contribution >= 4 is 5.97 Å². The van der Waals surface area contributed by atoms with Crippen LogP contribution in [0, 0.1) is 5.92 Å². The lowest BCUT2D eigenvalue weighted by Crippen LogP contribution is -2.38. The first-order valence-electron chi connectivity index (χ1n) is 8.08. The molecule has 0 aromatic heterocycles. The predicted molar refractivity (Wildman–Crippen MR) is 85.2 cm³/mol. The van der Waals surface area contributed by atoms with Crippen LogP contribution in [-0.4, -0.2) is 30.6 Å². The Balaban J connectivity index is 1.91. The fourth-order valence-electron chi connectivity index (χ4n) is 2.92. The molecule has 1 unspecified atom stereocenters. The molecule has 116 valence electrons. The number of hydrogen-bond donors (Lipinski definition) is 0. The summed E-state index contributed by atoms with van der Waals surface area (Å²) in [6, 6.07) is 8.85. The lowest BCUT2D eigenvalue weighted by molar-refractivity contribution is -0.150. The monoisotopic (exact) mass is 289 g/mol. The van der Waals surface area contributed by atoms with Gasteiger partial charge in [-0.25, -0.2) is 0 Å². The smallest absolute Gasteiger partial charge is 0.310 e. The van der Waals surface area contributed by atoms with Gasteiger partial charge in [0.1, 0.15) is 0 Å². The van der Waals surface area contributed by atoms with E-state index >= 15 is 0 Å². The van der Waals surface area contributed by atoms with E-state index < -0.39 is 0 Å². The van der Waals surface area contributed by atoms with Gasteiger partial charge >= 0.3 is 5.97 Å². The number of benzene rings is 1. The molecule has 0 aliphatic carbocycles. The zero-order valence-corrected chi connectivity index (χ0v) is 13.5. The quantitative estimate of drug-likeness (QED) is 0.776. The number of ether oxygens (including phenoxy) is 1. The molecule has 1 fully saturated rings. The summed E-state index contributed by atoms with van der Waals surface area (Å²) in [6.45, 7) is 9.59. The maximum Gasteiger partial charge on any atom is 0.310 e. The van der Waals surface area contributed by atoms with Crippen LogP contribution in [-0.2, 0) is 16.1 Å². The Morgan fingerprint density at radius 3 is 2.67 bits per heavy atom. The van der Waals surface area contributed by atoms with Crippen LogP contribution in [0.25, 0.3) is 0 Å². The molecule has 1 aliphatic heterocycles. The van der Waals surface area contributed by atoms with Crippen LogP contribution in [0.4, 0.5) is 0 Å². The Morgan fingerprint density at radius 1 is 1.33 bits per heavy atom. The Labute approximate surface area is 128 Å². The fraction of sp³-hybridized carbons (Fsp3) is 0.611. The number of carbonyl (C=O) groups excluding carboxylic acids is 1. The van der Waals surface area contributed by atoms with Gasteiger partial charge in [-0.05, 0) is 43.4 Å². The van der Waals surface area contributed by atoms with Crippen LogP contribution in [0.2, 0.25) is 0 Å². The lowest BCUT2D eigenvalue weighted by atomic mass is 9.97. The summed E-state index contributed by atoms with van der Waals surface area (Å²) in [5.74, 6) is 0.591. The number of nitrogens with zero attached hydrogens (tertiary/aromatic N) is 1. The van der Waals surface area contributed by atoms with E-state index in [1.165, 1.54) is 11.1 Å². The molecule has 0 radical (unpaired) electrons. The molecule has 2 rings (SSSR count). The summed E-state index contributed by atoms with van der Waals surface area (Å²) < 4.78 is 5.16. The third kappa shape index (κ3) is 4.57. The number of carbonyl (C=O) groups is 1. The molecule has 0 saturated carbocycles. The first kappa shape index (κ1) is 16.0. The molecule has 21 heavy (non-hydrogen) atoms. The molecule has 1 heterocycles. The number of esters is 1. The van der Waals surface area contributed by atoms with E-state index in [-0.39, 0.29) is 11.9 Å². The third-order valence-corrected chi connectivity index (χ3v) is 4.18. The molecule has 0 N–H and O–H groups in total. The lowest BCUT2D eigenvalue weighted by Gasteiger charge is -2.31. The van der Waals surface area contributed by atoms with Gasteiger partial charge in [0.15, 0.2) is 0 Å². The summed E-state index contributed by atoms with van der Waals surface area (Å²) in [5.41, 5.74) is 2.70. The molecule has 0 spiro atoms. The highest BCUT2D eigenvalue weighted by molar-refractivity contribution is 5.72. The molecule has 3 heteroatoms. The molecular formula is C18H27NO2. The van der Waals surface area contributed by atoms with Crippen LogP contribution < -0.4 is 0 Å². The van der Waals surface area contributed by atoms with Crippen molar-refractivity contribution in [2.75, 3.05) is 19.7 Å². The van der Waals surface area contributed by atoms with E-state index in [9.17, 15) is 4.79 Å². The second-order valence-corrected chi connectivity index (χ2v) is 6.22. The zero-order valence-electron chi connectivity index (χ0n) is 13.5. The minimum Gasteiger partial charge on any atom is -0.466 e. The fourth-order valence-corrected chi connectivity index (χ4v) is 2.92. The van der Waals surface area contributed by atoms with Gasteiger partial charge in [0.2, 0.25) is 0 Å². The van der Waals surface area contributed by atoms with E-state index in [0.29, 0.717) is 12.5 Å². The normalized spacial score (nSPS) is 19.7. The van der Waals surface area contributed by atoms with Gasteiger partial charge in [0.05, 0.1) is 12.5 Å². The van der Waals surface area contributed by atoms with Gasteiger partial charge in [-0.3, -0.25) is 9.69 Å². The van der Waals surface area contributed by atoms with E-state index in [2.05, 4.69) is 43.0 Å². The second kappa shape index (κ2) is 7.60. The molecule has 1 aromatic rings. The SMILES string of the molecule is CCOC(=O)C1CCCN(Cc2ccc(C(C)C)cc2)C1. The first-order chi connectivity index (χ1) is 10.1. The minimum absolute atomic E-state index is 0.0302. The highest BCUT2D eigenvalue weighted by atomic mass is 16.5. The van der Waals surface area contributed by atoms with Crippen molar-refractivity contribution in [2.24, 2.45) is 5.92 Å². The maximum absolute atomic E-state index is 11.9. The van der Waals surface area contributed by atoms with Crippen molar-refractivity contribution in [3.05, 3.63) is 35.4 Å². The van der Waals surface area contributed by atoms with E-state index in [4.69, 9.17) is 4.74 Å². The Bertz CT molecular complexity index is 453. The van der Waals surface area contributed by atoms with Gasteiger partial charge in [-0.1, -0.05) is 38.1 Å². The predicted octanol–water partition coefficient (Wildman–Crippen LogP) is 3.59. The molecule has 0 amide bonds. The molecular weight excluding hydrogens is 262 g/mol. The molecule has 3 nitrogen and oxygen atoms in total. The summed E-state index contributed by atoms with van der Waals surface area (Å²) >= 11 is 0. The molecule has 1 saturated heterocycles. The number of likely N-dealkylation sites (tertiary alicyclic amines) is 1. The Kier molecular flexibility index (Phi) is 5.80. The Morgan fingerprint density at radius 2 is 2.05 bits per heavy atom. The van der Waals surface area contributed by atoms with Crippen LogP contribution >= 0.6 is 0 Å². The van der Waals surface area contributed by atoms with Crippen LogP contribution in [0.1, 0.15) is 50.7 Å². The van der Waals surface area contributed by atoms with Crippen LogP contribution in [0.15, 0.2) is 24.3 Å². The van der Waals surface area contributed by atoms with Gasteiger partial charge < -0.3 is 4.74 Å². The summed E-state index contributed by atoms with van der Waals surface area (Å²) in [4.78, 5) is 14.2. The second-order valence-electron chi connectivity index (χ2n) is 6.22. The molecule has 1 aromatic carbocycles. The van der Waals surface area contributed by atoms with Gasteiger partial charge in [-0.2, -0.15) is 0 Å². The standard InChI is InChI=1S/C18H27NO2/c1-4-21-18(20)17-6-5-11-19(13-17)12-15-7-9-16(10-8-15)14(2)3/h7-10,14,17H,4-6,11-13H2,1-3H3. The van der Waals surface area contributed by atoms with Gasteiger partial charge in [0, 0.05) is 13.1 Å². The van der Waals surface area contributed by atoms with E-state index in [0.717, 1.165) is 32.5 Å². The van der Waals surface area contributed by atoms with Crippen molar-refractivity contribution in [2.45, 2.75) is 46.1 Å². The van der Waals surface area contributed by atoms with Crippen molar-refractivity contribution in [3.8, 4) is 0 Å². The van der Waals surface area contributed by atoms with Crippen LogP contribution in [0.5, 0.6) is 0 Å². The maximum atomic E-state index is 11.9.